The standard InChI is InChI=1S/C26H26ClN5O3/c1-2-3-13-31-24-20(16-21(27)28-24)25(33)32(26(31)34)14-7-12-23-29-22(30-35-23)15-18-10-6-9-17-8-4-5-11-19(17)18/h4-6,8-11H,2-3,7,12-16H2,1H3. The van der Waals surface area contributed by atoms with E-state index in [-0.39, 0.29) is 24.2 Å². The van der Waals surface area contributed by atoms with Crippen LogP contribution in [0.15, 0.2) is 61.6 Å². The van der Waals surface area contributed by atoms with Crippen molar-refractivity contribution in [1.29, 1.82) is 0 Å². The van der Waals surface area contributed by atoms with Crippen LogP contribution in [0.2, 0.25) is 0 Å². The van der Waals surface area contributed by atoms with E-state index in [4.69, 9.17) is 16.1 Å². The highest BCUT2D eigenvalue weighted by Crippen LogP contribution is 2.24. The lowest BCUT2D eigenvalue weighted by Gasteiger charge is -2.13. The van der Waals surface area contributed by atoms with Crippen molar-refractivity contribution >= 4 is 33.4 Å². The van der Waals surface area contributed by atoms with Crippen molar-refractivity contribution in [2.24, 2.45) is 4.99 Å². The predicted molar refractivity (Wildman–Crippen MR) is 136 cm³/mol. The van der Waals surface area contributed by atoms with Gasteiger partial charge in [-0.15, -0.1) is 0 Å². The second-order valence-corrected chi connectivity index (χ2v) is 9.17. The third kappa shape index (κ3) is 4.71. The van der Waals surface area contributed by atoms with E-state index in [0.29, 0.717) is 54.1 Å². The van der Waals surface area contributed by atoms with E-state index >= 15 is 0 Å². The maximum absolute atomic E-state index is 13.1. The molecule has 0 atom stereocenters. The summed E-state index contributed by atoms with van der Waals surface area (Å²) in [5.74, 6) is 1.51. The fraction of sp³-hybridized carbons (Fsp3) is 0.346. The average molecular weight is 492 g/mol. The topological polar surface area (TPSA) is 95.3 Å². The number of rotatable bonds is 9. The first kappa shape index (κ1) is 23.2. The van der Waals surface area contributed by atoms with Crippen LogP contribution in [0.4, 0.5) is 5.82 Å². The molecule has 0 radical (unpaired) electrons. The molecule has 0 aliphatic carbocycles. The maximum atomic E-state index is 13.1. The molecule has 1 aliphatic heterocycles. The minimum atomic E-state index is -0.348. The first-order valence-electron chi connectivity index (χ1n) is 11.9. The number of hydrogen-bond acceptors (Lipinski definition) is 6. The number of benzene rings is 2. The van der Waals surface area contributed by atoms with Gasteiger partial charge in [-0.2, -0.15) is 4.98 Å². The Hall–Kier alpha value is -3.52. The molecule has 9 heteroatoms. The van der Waals surface area contributed by atoms with Crippen LogP contribution in [0.1, 0.15) is 49.0 Å². The summed E-state index contributed by atoms with van der Waals surface area (Å²) in [6, 6.07) is 14.4. The number of aromatic nitrogens is 4. The number of halogens is 1. The summed E-state index contributed by atoms with van der Waals surface area (Å²) in [7, 11) is 0. The molecule has 35 heavy (non-hydrogen) atoms. The van der Waals surface area contributed by atoms with Crippen molar-refractivity contribution in [3.05, 3.63) is 86.1 Å². The first-order valence-corrected chi connectivity index (χ1v) is 12.3. The number of fused-ring (bicyclic) bond motifs is 2. The van der Waals surface area contributed by atoms with Crippen LogP contribution in [-0.4, -0.2) is 24.4 Å². The van der Waals surface area contributed by atoms with Gasteiger partial charge in [0.2, 0.25) is 5.89 Å². The van der Waals surface area contributed by atoms with Gasteiger partial charge in [0.15, 0.2) is 5.82 Å². The molecule has 0 N–H and O–H groups in total. The zero-order valence-electron chi connectivity index (χ0n) is 19.5. The smallest absolute Gasteiger partial charge is 0.332 e. The monoisotopic (exact) mass is 491 g/mol. The molecule has 0 saturated heterocycles. The summed E-state index contributed by atoms with van der Waals surface area (Å²) >= 11 is 6.10. The summed E-state index contributed by atoms with van der Waals surface area (Å²) in [5.41, 5.74) is 0.952. The summed E-state index contributed by atoms with van der Waals surface area (Å²) in [4.78, 5) is 34.8. The lowest BCUT2D eigenvalue weighted by molar-refractivity contribution is 0.366. The molecule has 0 fully saturated rings. The second kappa shape index (κ2) is 10.00. The van der Waals surface area contributed by atoms with E-state index in [0.717, 1.165) is 18.4 Å². The van der Waals surface area contributed by atoms with Crippen molar-refractivity contribution in [1.82, 2.24) is 19.3 Å². The van der Waals surface area contributed by atoms with Crippen LogP contribution in [0.3, 0.4) is 0 Å². The van der Waals surface area contributed by atoms with Crippen molar-refractivity contribution in [2.45, 2.75) is 58.5 Å². The van der Waals surface area contributed by atoms with Gasteiger partial charge in [0.1, 0.15) is 11.0 Å². The third-order valence-corrected chi connectivity index (χ3v) is 6.51. The number of unbranched alkanes of at least 4 members (excludes halogenated alkanes) is 1. The molecule has 2 aromatic carbocycles. The number of aryl methyl sites for hydroxylation is 1. The molecule has 2 aromatic heterocycles. The lowest BCUT2D eigenvalue weighted by atomic mass is 10.0. The highest BCUT2D eigenvalue weighted by atomic mass is 35.5. The lowest BCUT2D eigenvalue weighted by Crippen LogP contribution is -2.41. The normalized spacial score (nSPS) is 12.8. The quantitative estimate of drug-likeness (QED) is 0.346. The molecular formula is C26H26ClN5O3. The van der Waals surface area contributed by atoms with Gasteiger partial charge in [0.05, 0.1) is 5.56 Å². The molecule has 3 heterocycles. The highest BCUT2D eigenvalue weighted by Gasteiger charge is 2.24. The fourth-order valence-corrected chi connectivity index (χ4v) is 4.72. The summed E-state index contributed by atoms with van der Waals surface area (Å²) in [5, 5.41) is 6.81. The molecule has 0 saturated carbocycles. The second-order valence-electron chi connectivity index (χ2n) is 8.73. The van der Waals surface area contributed by atoms with Crippen molar-refractivity contribution < 1.29 is 4.52 Å². The predicted octanol–water partition coefficient (Wildman–Crippen LogP) is 4.39. The molecule has 0 bridgehead atoms. The Morgan fingerprint density at radius 3 is 2.69 bits per heavy atom. The van der Waals surface area contributed by atoms with Gasteiger partial charge >= 0.3 is 5.69 Å². The van der Waals surface area contributed by atoms with Crippen LogP contribution < -0.4 is 11.2 Å². The molecule has 5 rings (SSSR count). The molecule has 4 aromatic rings. The minimum absolute atomic E-state index is 0.260. The average Bonchev–Trinajstić information content (AvgIpc) is 3.47. The third-order valence-electron chi connectivity index (χ3n) is 6.29. The van der Waals surface area contributed by atoms with Gasteiger partial charge in [0, 0.05) is 32.4 Å². The van der Waals surface area contributed by atoms with E-state index in [2.05, 4.69) is 46.3 Å². The zero-order valence-corrected chi connectivity index (χ0v) is 20.3. The van der Waals surface area contributed by atoms with Crippen LogP contribution >= 0.6 is 11.6 Å². The van der Waals surface area contributed by atoms with E-state index in [1.807, 2.05) is 18.2 Å². The van der Waals surface area contributed by atoms with Gasteiger partial charge in [-0.05, 0) is 29.2 Å². The van der Waals surface area contributed by atoms with Gasteiger partial charge in [-0.1, -0.05) is 72.6 Å². The van der Waals surface area contributed by atoms with Gasteiger partial charge < -0.3 is 4.52 Å². The van der Waals surface area contributed by atoms with Crippen molar-refractivity contribution in [2.75, 3.05) is 0 Å². The van der Waals surface area contributed by atoms with Crippen LogP contribution in [-0.2, 0) is 32.4 Å². The zero-order chi connectivity index (χ0) is 24.4. The van der Waals surface area contributed by atoms with Gasteiger partial charge in [0.25, 0.3) is 5.56 Å². The SMILES string of the molecule is CCCCn1c2c(c(=O)n(CCCc3nc(Cc4cccc5ccccc45)no3)c1=O)CC(Cl)=N2. The molecule has 1 aliphatic rings. The maximum Gasteiger partial charge on any atom is 0.332 e. The largest absolute Gasteiger partial charge is 0.339 e. The van der Waals surface area contributed by atoms with Gasteiger partial charge in [-0.25, -0.2) is 9.79 Å². The van der Waals surface area contributed by atoms with Crippen LogP contribution in [0, 0.1) is 0 Å². The van der Waals surface area contributed by atoms with Crippen LogP contribution in [0.25, 0.3) is 10.8 Å². The Bertz CT molecular complexity index is 1530. The Morgan fingerprint density at radius 2 is 1.83 bits per heavy atom. The van der Waals surface area contributed by atoms with E-state index < -0.39 is 0 Å². The van der Waals surface area contributed by atoms with Crippen molar-refractivity contribution in [3.63, 3.8) is 0 Å². The Labute approximate surface area is 206 Å². The molecule has 0 spiro atoms. The molecule has 8 nitrogen and oxygen atoms in total. The van der Waals surface area contributed by atoms with Gasteiger partial charge in [-0.3, -0.25) is 13.9 Å². The van der Waals surface area contributed by atoms with Crippen molar-refractivity contribution in [3.8, 4) is 0 Å². The van der Waals surface area contributed by atoms with E-state index in [1.54, 1.807) is 4.57 Å². The van der Waals surface area contributed by atoms with Crippen LogP contribution in [0.5, 0.6) is 0 Å². The van der Waals surface area contributed by atoms with E-state index in [9.17, 15) is 9.59 Å². The summed E-state index contributed by atoms with van der Waals surface area (Å²) in [6.07, 6.45) is 3.57. The number of hydrogen-bond donors (Lipinski definition) is 0. The Kier molecular flexibility index (Phi) is 6.63. The summed E-state index contributed by atoms with van der Waals surface area (Å²) in [6.45, 7) is 2.82. The first-order chi connectivity index (χ1) is 17.0. The number of aliphatic imine (C=N–C) groups is 1. The highest BCUT2D eigenvalue weighted by molar-refractivity contribution is 6.66. The molecule has 0 unspecified atom stereocenters. The fourth-order valence-electron chi connectivity index (χ4n) is 4.51. The molecule has 0 amide bonds. The minimum Gasteiger partial charge on any atom is -0.339 e. The molecular weight excluding hydrogens is 466 g/mol. The Balaban J connectivity index is 1.29. The summed E-state index contributed by atoms with van der Waals surface area (Å²) < 4.78 is 8.30. The Morgan fingerprint density at radius 1 is 1.03 bits per heavy atom. The number of nitrogens with zero attached hydrogens (tertiary/aromatic N) is 5. The van der Waals surface area contributed by atoms with E-state index in [1.165, 1.54) is 15.3 Å². The molecule has 180 valence electrons.